The fourth-order valence-electron chi connectivity index (χ4n) is 2.14. The van der Waals surface area contributed by atoms with Crippen LogP contribution in [0.2, 0.25) is 0 Å². The molecule has 15 heavy (non-hydrogen) atoms. The number of alkyl halides is 1. The van der Waals surface area contributed by atoms with Crippen molar-refractivity contribution in [3.63, 3.8) is 0 Å². The smallest absolute Gasteiger partial charge is 0.0648 e. The number of hydrogen-bond acceptors (Lipinski definition) is 2. The van der Waals surface area contributed by atoms with Crippen molar-refractivity contribution in [2.24, 2.45) is 0 Å². The molecular weight excluding hydrogens is 299 g/mol. The van der Waals surface area contributed by atoms with E-state index in [1.165, 1.54) is 22.5 Å². The largest absolute Gasteiger partial charge is 0.382 e. The van der Waals surface area contributed by atoms with Gasteiger partial charge in [-0.1, -0.05) is 36.4 Å². The van der Waals surface area contributed by atoms with Crippen LogP contribution in [-0.4, -0.2) is 15.5 Å². The number of halogens is 1. The molecule has 1 N–H and O–H groups in total. The maximum atomic E-state index is 4.58. The fourth-order valence-corrected chi connectivity index (χ4v) is 2.77. The van der Waals surface area contributed by atoms with Gasteiger partial charge in [0.1, 0.15) is 0 Å². The molecule has 0 spiro atoms. The molecule has 0 bridgehead atoms. The van der Waals surface area contributed by atoms with Crippen molar-refractivity contribution in [2.45, 2.75) is 37.0 Å². The molecule has 2 nitrogen and oxygen atoms in total. The Bertz CT molecular complexity index is 374. The van der Waals surface area contributed by atoms with Crippen molar-refractivity contribution < 1.29 is 0 Å². The van der Waals surface area contributed by atoms with Gasteiger partial charge in [-0.3, -0.25) is 4.98 Å². The van der Waals surface area contributed by atoms with Crippen LogP contribution in [0, 0.1) is 6.92 Å². The van der Waals surface area contributed by atoms with Gasteiger partial charge in [0.2, 0.25) is 0 Å². The minimum Gasteiger partial charge on any atom is -0.382 e. The zero-order valence-electron chi connectivity index (χ0n) is 9.47. The molecule has 1 aliphatic rings. The van der Waals surface area contributed by atoms with Crippen LogP contribution in [0.1, 0.15) is 36.6 Å². The first-order valence-electron chi connectivity index (χ1n) is 5.46. The average Bonchev–Trinajstić information content (AvgIpc) is 2.17. The molecule has 1 aliphatic heterocycles. The molecule has 2 rings (SSSR count). The molecule has 0 aromatic carbocycles. The predicted molar refractivity (Wildman–Crippen MR) is 73.1 cm³/mol. The fraction of sp³-hybridized carbons (Fsp3) is 0.583. The SMILES string of the molecule is Cc1c(C(C)C)cnc2c1NCC(I)C2. The monoisotopic (exact) mass is 316 g/mol. The van der Waals surface area contributed by atoms with Crippen LogP contribution in [-0.2, 0) is 6.42 Å². The quantitative estimate of drug-likeness (QED) is 0.635. The molecule has 0 amide bonds. The van der Waals surface area contributed by atoms with Crippen molar-refractivity contribution in [1.82, 2.24) is 4.98 Å². The second kappa shape index (κ2) is 4.28. The summed E-state index contributed by atoms with van der Waals surface area (Å²) >= 11 is 2.48. The van der Waals surface area contributed by atoms with Gasteiger partial charge in [-0.25, -0.2) is 0 Å². The molecule has 0 saturated carbocycles. The highest BCUT2D eigenvalue weighted by atomic mass is 127. The third-order valence-electron chi connectivity index (χ3n) is 2.99. The van der Waals surface area contributed by atoms with Crippen LogP contribution < -0.4 is 5.32 Å². The van der Waals surface area contributed by atoms with Gasteiger partial charge in [-0.05, 0) is 24.0 Å². The molecule has 0 fully saturated rings. The summed E-state index contributed by atoms with van der Waals surface area (Å²) in [5, 5.41) is 3.51. The topological polar surface area (TPSA) is 24.9 Å². The normalized spacial score (nSPS) is 19.9. The van der Waals surface area contributed by atoms with E-state index in [2.05, 4.69) is 59.9 Å². The van der Waals surface area contributed by atoms with Gasteiger partial charge in [0, 0.05) is 23.1 Å². The summed E-state index contributed by atoms with van der Waals surface area (Å²) in [5.41, 5.74) is 5.28. The summed E-state index contributed by atoms with van der Waals surface area (Å²) in [6.07, 6.45) is 3.15. The van der Waals surface area contributed by atoms with E-state index in [9.17, 15) is 0 Å². The number of rotatable bonds is 1. The van der Waals surface area contributed by atoms with Crippen molar-refractivity contribution in [1.29, 1.82) is 0 Å². The Morgan fingerprint density at radius 1 is 1.53 bits per heavy atom. The third-order valence-corrected chi connectivity index (χ3v) is 3.87. The maximum Gasteiger partial charge on any atom is 0.0648 e. The van der Waals surface area contributed by atoms with Gasteiger partial charge < -0.3 is 5.32 Å². The lowest BCUT2D eigenvalue weighted by atomic mass is 9.96. The van der Waals surface area contributed by atoms with E-state index in [0.717, 1.165) is 13.0 Å². The molecule has 0 saturated heterocycles. The van der Waals surface area contributed by atoms with E-state index < -0.39 is 0 Å². The van der Waals surface area contributed by atoms with Crippen LogP contribution in [0.5, 0.6) is 0 Å². The van der Waals surface area contributed by atoms with Gasteiger partial charge in [0.15, 0.2) is 0 Å². The minimum absolute atomic E-state index is 0.557. The Hall–Kier alpha value is -0.320. The van der Waals surface area contributed by atoms with Crippen molar-refractivity contribution in [2.75, 3.05) is 11.9 Å². The molecule has 1 aromatic rings. The van der Waals surface area contributed by atoms with Gasteiger partial charge in [0.25, 0.3) is 0 Å². The molecule has 3 heteroatoms. The zero-order chi connectivity index (χ0) is 11.0. The second-order valence-electron chi connectivity index (χ2n) is 4.50. The highest BCUT2D eigenvalue weighted by Gasteiger charge is 2.20. The van der Waals surface area contributed by atoms with Gasteiger partial charge in [-0.2, -0.15) is 0 Å². The predicted octanol–water partition coefficient (Wildman–Crippen LogP) is 3.29. The first kappa shape index (κ1) is 11.2. The summed E-state index contributed by atoms with van der Waals surface area (Å²) < 4.78 is 0.673. The Kier molecular flexibility index (Phi) is 3.19. The lowest BCUT2D eigenvalue weighted by molar-refractivity contribution is 0.805. The van der Waals surface area contributed by atoms with Crippen molar-refractivity contribution >= 4 is 28.3 Å². The molecular formula is C12H17IN2. The molecule has 1 atom stereocenters. The number of aromatic nitrogens is 1. The maximum absolute atomic E-state index is 4.58. The Labute approximate surface area is 105 Å². The zero-order valence-corrected chi connectivity index (χ0v) is 11.6. The number of nitrogens with one attached hydrogen (secondary N) is 1. The highest BCUT2D eigenvalue weighted by molar-refractivity contribution is 14.1. The second-order valence-corrected chi connectivity index (χ2v) is 6.26. The first-order valence-corrected chi connectivity index (χ1v) is 6.70. The van der Waals surface area contributed by atoms with E-state index in [-0.39, 0.29) is 0 Å². The van der Waals surface area contributed by atoms with Crippen molar-refractivity contribution in [3.8, 4) is 0 Å². The molecule has 82 valence electrons. The first-order chi connectivity index (χ1) is 7.09. The lowest BCUT2D eigenvalue weighted by Gasteiger charge is -2.25. The number of fused-ring (bicyclic) bond motifs is 1. The van der Waals surface area contributed by atoms with E-state index in [1.54, 1.807) is 0 Å². The van der Waals surface area contributed by atoms with Crippen LogP contribution in [0.3, 0.4) is 0 Å². The molecule has 1 aromatic heterocycles. The van der Waals surface area contributed by atoms with Gasteiger partial charge in [-0.15, -0.1) is 0 Å². The van der Waals surface area contributed by atoms with E-state index in [1.807, 2.05) is 0 Å². The number of hydrogen-bond donors (Lipinski definition) is 1. The molecule has 2 heterocycles. The standard InChI is InChI=1S/C12H17IN2/c1-7(2)10-6-14-11-4-9(13)5-15-12(11)8(10)3/h6-7,9,15H,4-5H2,1-3H3. The van der Waals surface area contributed by atoms with Gasteiger partial charge >= 0.3 is 0 Å². The number of pyridine rings is 1. The van der Waals surface area contributed by atoms with Crippen molar-refractivity contribution in [3.05, 3.63) is 23.0 Å². The molecule has 0 radical (unpaired) electrons. The third kappa shape index (κ3) is 2.12. The average molecular weight is 316 g/mol. The summed E-state index contributed by atoms with van der Waals surface area (Å²) in [5.74, 6) is 0.557. The Morgan fingerprint density at radius 2 is 2.27 bits per heavy atom. The summed E-state index contributed by atoms with van der Waals surface area (Å²) in [6, 6.07) is 0. The minimum atomic E-state index is 0.557. The van der Waals surface area contributed by atoms with Crippen LogP contribution >= 0.6 is 22.6 Å². The summed E-state index contributed by atoms with van der Waals surface area (Å²) in [6.45, 7) is 7.72. The van der Waals surface area contributed by atoms with E-state index in [4.69, 9.17) is 0 Å². The van der Waals surface area contributed by atoms with Crippen LogP contribution in [0.15, 0.2) is 6.20 Å². The molecule has 1 unspecified atom stereocenters. The summed E-state index contributed by atoms with van der Waals surface area (Å²) in [7, 11) is 0. The summed E-state index contributed by atoms with van der Waals surface area (Å²) in [4.78, 5) is 4.58. The van der Waals surface area contributed by atoms with Crippen LogP contribution in [0.25, 0.3) is 0 Å². The van der Waals surface area contributed by atoms with E-state index in [0.29, 0.717) is 9.84 Å². The van der Waals surface area contributed by atoms with Gasteiger partial charge in [0.05, 0.1) is 11.4 Å². The number of nitrogens with zero attached hydrogens (tertiary/aromatic N) is 1. The molecule has 0 aliphatic carbocycles. The van der Waals surface area contributed by atoms with Crippen LogP contribution in [0.4, 0.5) is 5.69 Å². The highest BCUT2D eigenvalue weighted by Crippen LogP contribution is 2.31. The lowest BCUT2D eigenvalue weighted by Crippen LogP contribution is -2.25. The van der Waals surface area contributed by atoms with E-state index >= 15 is 0 Å². The Balaban J connectivity index is 2.44. The number of anilines is 1. The Morgan fingerprint density at radius 3 is 2.93 bits per heavy atom.